The number of carbonyl (C=O) groups is 1. The number of amides is 2. The Balaban J connectivity index is 1.94. The Hall–Kier alpha value is -1.22. The Kier molecular flexibility index (Phi) is 4.35. The monoisotopic (exact) mass is 284 g/mol. The lowest BCUT2D eigenvalue weighted by Crippen LogP contribution is -2.49. The van der Waals surface area contributed by atoms with E-state index in [9.17, 15) is 13.2 Å². The molecule has 5 nitrogen and oxygen atoms in total. The van der Waals surface area contributed by atoms with Gasteiger partial charge in [0.25, 0.3) is 0 Å². The highest BCUT2D eigenvalue weighted by atomic mass is 32.2. The van der Waals surface area contributed by atoms with Crippen LogP contribution in [-0.2, 0) is 9.84 Å². The molecule has 2 amide bonds. The zero-order valence-corrected chi connectivity index (χ0v) is 11.8. The molecule has 1 saturated carbocycles. The Morgan fingerprint density at radius 3 is 2.53 bits per heavy atom. The Morgan fingerprint density at radius 2 is 2.00 bits per heavy atom. The Labute approximate surface area is 114 Å². The first kappa shape index (κ1) is 14.2. The fourth-order valence-electron chi connectivity index (χ4n) is 2.85. The second kappa shape index (κ2) is 5.83. The minimum absolute atomic E-state index is 0.0489. The van der Waals surface area contributed by atoms with Gasteiger partial charge in [0.2, 0.25) is 0 Å². The highest BCUT2D eigenvalue weighted by Gasteiger charge is 2.32. The minimum atomic E-state index is -2.97. The molecule has 0 radical (unpaired) electrons. The highest BCUT2D eigenvalue weighted by molar-refractivity contribution is 7.91. The van der Waals surface area contributed by atoms with Gasteiger partial charge in [-0.1, -0.05) is 18.8 Å². The number of hydrogen-bond donors (Lipinski definition) is 1. The molecule has 1 atom stereocenters. The minimum Gasteiger partial charge on any atom is -0.334 e. The van der Waals surface area contributed by atoms with Gasteiger partial charge in [0.1, 0.15) is 0 Å². The van der Waals surface area contributed by atoms with Gasteiger partial charge in [-0.2, -0.15) is 0 Å². The van der Waals surface area contributed by atoms with Crippen molar-refractivity contribution in [3.05, 3.63) is 0 Å². The lowest BCUT2D eigenvalue weighted by Gasteiger charge is -2.28. The van der Waals surface area contributed by atoms with E-state index in [-0.39, 0.29) is 36.2 Å². The molecule has 1 N–H and O–H groups in total. The van der Waals surface area contributed by atoms with Crippen LogP contribution in [0.25, 0.3) is 0 Å². The van der Waals surface area contributed by atoms with Crippen molar-refractivity contribution in [2.45, 2.75) is 44.2 Å². The Bertz CT molecular complexity index is 475. The number of rotatable bonds is 3. The number of nitrogens with one attached hydrogen (secondary N) is 1. The van der Waals surface area contributed by atoms with Gasteiger partial charge in [0.05, 0.1) is 18.1 Å². The van der Waals surface area contributed by atoms with Crippen LogP contribution in [0, 0.1) is 12.3 Å². The Morgan fingerprint density at radius 1 is 1.32 bits per heavy atom. The SMILES string of the molecule is C#CCN(C(=O)NC1CCS(=O)(=O)C1)C1CCCC1. The molecule has 2 aliphatic rings. The third-order valence-electron chi connectivity index (χ3n) is 3.85. The van der Waals surface area contributed by atoms with Gasteiger partial charge in [0, 0.05) is 12.1 Å². The molecular formula is C13H20N2O3S. The summed E-state index contributed by atoms with van der Waals surface area (Å²) in [6, 6.07) is -0.278. The summed E-state index contributed by atoms with van der Waals surface area (Å²) in [5, 5.41) is 2.81. The van der Waals surface area contributed by atoms with Crippen LogP contribution in [0.1, 0.15) is 32.1 Å². The molecule has 1 aliphatic heterocycles. The average molecular weight is 284 g/mol. The van der Waals surface area contributed by atoms with E-state index in [0.717, 1.165) is 25.7 Å². The molecule has 106 valence electrons. The van der Waals surface area contributed by atoms with Crippen LogP contribution in [0.3, 0.4) is 0 Å². The molecule has 19 heavy (non-hydrogen) atoms. The van der Waals surface area contributed by atoms with Crippen LogP contribution in [0.4, 0.5) is 4.79 Å². The average Bonchev–Trinajstić information content (AvgIpc) is 2.95. The van der Waals surface area contributed by atoms with Gasteiger partial charge in [-0.15, -0.1) is 6.42 Å². The predicted molar refractivity (Wildman–Crippen MR) is 73.4 cm³/mol. The fraction of sp³-hybridized carbons (Fsp3) is 0.769. The van der Waals surface area contributed by atoms with Crippen LogP contribution in [0.2, 0.25) is 0 Å². The van der Waals surface area contributed by atoms with E-state index < -0.39 is 9.84 Å². The lowest BCUT2D eigenvalue weighted by molar-refractivity contribution is 0.181. The van der Waals surface area contributed by atoms with Crippen molar-refractivity contribution < 1.29 is 13.2 Å². The van der Waals surface area contributed by atoms with E-state index in [1.807, 2.05) is 0 Å². The van der Waals surface area contributed by atoms with Crippen molar-refractivity contribution >= 4 is 15.9 Å². The van der Waals surface area contributed by atoms with E-state index in [4.69, 9.17) is 6.42 Å². The summed E-state index contributed by atoms with van der Waals surface area (Å²) >= 11 is 0. The molecule has 0 aromatic carbocycles. The van der Waals surface area contributed by atoms with Gasteiger partial charge < -0.3 is 10.2 Å². The van der Waals surface area contributed by atoms with E-state index in [1.165, 1.54) is 0 Å². The molecule has 1 heterocycles. The van der Waals surface area contributed by atoms with Gasteiger partial charge in [-0.25, -0.2) is 13.2 Å². The molecular weight excluding hydrogens is 264 g/mol. The molecule has 2 fully saturated rings. The summed E-state index contributed by atoms with van der Waals surface area (Å²) in [5.74, 6) is 2.73. The van der Waals surface area contributed by atoms with Gasteiger partial charge in [-0.3, -0.25) is 0 Å². The number of sulfone groups is 1. The fourth-order valence-corrected chi connectivity index (χ4v) is 4.52. The quantitative estimate of drug-likeness (QED) is 0.778. The van der Waals surface area contributed by atoms with Crippen LogP contribution in [0.15, 0.2) is 0 Å². The number of hydrogen-bond acceptors (Lipinski definition) is 3. The summed E-state index contributed by atoms with van der Waals surface area (Å²) in [4.78, 5) is 13.9. The standard InChI is InChI=1S/C13H20N2O3S/c1-2-8-15(12-5-3-4-6-12)13(16)14-11-7-9-19(17,18)10-11/h1,11-12H,3-10H2,(H,14,16). The number of urea groups is 1. The summed E-state index contributed by atoms with van der Waals surface area (Å²) in [6.45, 7) is 0.288. The first-order chi connectivity index (χ1) is 9.02. The molecule has 0 spiro atoms. The maximum absolute atomic E-state index is 12.2. The zero-order chi connectivity index (χ0) is 13.9. The number of carbonyl (C=O) groups excluding carboxylic acids is 1. The summed E-state index contributed by atoms with van der Waals surface area (Å²) in [5.41, 5.74) is 0. The first-order valence-electron chi connectivity index (χ1n) is 6.73. The largest absolute Gasteiger partial charge is 0.334 e. The highest BCUT2D eigenvalue weighted by Crippen LogP contribution is 2.23. The van der Waals surface area contributed by atoms with Crippen molar-refractivity contribution in [2.24, 2.45) is 0 Å². The summed E-state index contributed by atoms with van der Waals surface area (Å²) in [7, 11) is -2.97. The van der Waals surface area contributed by atoms with Crippen molar-refractivity contribution in [2.75, 3.05) is 18.1 Å². The third-order valence-corrected chi connectivity index (χ3v) is 5.62. The first-order valence-corrected chi connectivity index (χ1v) is 8.55. The zero-order valence-electron chi connectivity index (χ0n) is 11.0. The third kappa shape index (κ3) is 3.63. The van der Waals surface area contributed by atoms with Crippen LogP contribution < -0.4 is 5.32 Å². The molecule has 1 saturated heterocycles. The summed E-state index contributed by atoms with van der Waals surface area (Å²) < 4.78 is 22.8. The van der Waals surface area contributed by atoms with Crippen molar-refractivity contribution in [3.63, 3.8) is 0 Å². The van der Waals surface area contributed by atoms with Crippen molar-refractivity contribution in [1.29, 1.82) is 0 Å². The molecule has 2 rings (SSSR count). The van der Waals surface area contributed by atoms with Gasteiger partial charge in [-0.05, 0) is 19.3 Å². The molecule has 1 aliphatic carbocycles. The van der Waals surface area contributed by atoms with Crippen molar-refractivity contribution in [3.8, 4) is 12.3 Å². The molecule has 6 heteroatoms. The van der Waals surface area contributed by atoms with Crippen LogP contribution in [0.5, 0.6) is 0 Å². The van der Waals surface area contributed by atoms with E-state index in [0.29, 0.717) is 6.42 Å². The van der Waals surface area contributed by atoms with Gasteiger partial charge in [0.15, 0.2) is 9.84 Å². The van der Waals surface area contributed by atoms with E-state index >= 15 is 0 Å². The summed E-state index contributed by atoms with van der Waals surface area (Å²) in [6.07, 6.45) is 10.0. The number of terminal acetylenes is 1. The predicted octanol–water partition coefficient (Wildman–Crippen LogP) is 0.761. The molecule has 1 unspecified atom stereocenters. The second-order valence-electron chi connectivity index (χ2n) is 5.32. The lowest BCUT2D eigenvalue weighted by atomic mass is 10.2. The normalized spacial score (nSPS) is 25.9. The van der Waals surface area contributed by atoms with E-state index in [2.05, 4.69) is 11.2 Å². The molecule has 0 aromatic rings. The van der Waals surface area contributed by atoms with Crippen molar-refractivity contribution in [1.82, 2.24) is 10.2 Å². The smallest absolute Gasteiger partial charge is 0.318 e. The topological polar surface area (TPSA) is 66.5 Å². The maximum Gasteiger partial charge on any atom is 0.318 e. The van der Waals surface area contributed by atoms with E-state index in [1.54, 1.807) is 4.90 Å². The molecule has 0 aromatic heterocycles. The maximum atomic E-state index is 12.2. The molecule has 0 bridgehead atoms. The van der Waals surface area contributed by atoms with Crippen LogP contribution in [-0.4, -0.2) is 49.5 Å². The second-order valence-corrected chi connectivity index (χ2v) is 7.55. The van der Waals surface area contributed by atoms with Gasteiger partial charge >= 0.3 is 6.03 Å². The number of nitrogens with zero attached hydrogens (tertiary/aromatic N) is 1. The van der Waals surface area contributed by atoms with Crippen LogP contribution >= 0.6 is 0 Å².